The van der Waals surface area contributed by atoms with E-state index in [0.29, 0.717) is 10.2 Å². The van der Waals surface area contributed by atoms with Crippen LogP contribution in [0, 0.1) is 10.1 Å². The Morgan fingerprint density at radius 3 is 2.79 bits per heavy atom. The van der Waals surface area contributed by atoms with E-state index in [2.05, 4.69) is 36.8 Å². The summed E-state index contributed by atoms with van der Waals surface area (Å²) in [6.45, 7) is 0.284. The topological polar surface area (TPSA) is 65.3 Å². The van der Waals surface area contributed by atoms with Crippen LogP contribution in [0.2, 0.25) is 0 Å². The zero-order valence-electron chi connectivity index (χ0n) is 9.55. The number of rotatable bonds is 4. The maximum absolute atomic E-state index is 10.8. The second-order valence-electron chi connectivity index (χ2n) is 3.65. The summed E-state index contributed by atoms with van der Waals surface area (Å²) in [5, 5.41) is 10.8. The molecule has 0 amide bonds. The number of pyridine rings is 1. The van der Waals surface area contributed by atoms with Gasteiger partial charge in [-0.1, -0.05) is 6.07 Å². The Morgan fingerprint density at radius 2 is 2.11 bits per heavy atom. The summed E-state index contributed by atoms with van der Waals surface area (Å²) in [6, 6.07) is 6.54. The molecule has 0 atom stereocenters. The highest BCUT2D eigenvalue weighted by atomic mass is 79.9. The van der Waals surface area contributed by atoms with Gasteiger partial charge in [0.1, 0.15) is 16.8 Å². The van der Waals surface area contributed by atoms with Gasteiger partial charge in [0.05, 0.1) is 4.92 Å². The molecule has 0 aliphatic carbocycles. The second-order valence-corrected chi connectivity index (χ2v) is 5.36. The third kappa shape index (κ3) is 3.51. The standard InChI is InChI=1S/C12H8Br2N2O3/c13-9-4-8(5-15-6-9)7-19-11-3-1-2-10(12(11)14)16(17)18/h1-6H,7H2. The molecule has 0 spiro atoms. The van der Waals surface area contributed by atoms with Crippen LogP contribution < -0.4 is 4.74 Å². The third-order valence-electron chi connectivity index (χ3n) is 2.30. The first-order chi connectivity index (χ1) is 9.08. The van der Waals surface area contributed by atoms with Gasteiger partial charge in [0, 0.05) is 28.5 Å². The van der Waals surface area contributed by atoms with Gasteiger partial charge in [-0.3, -0.25) is 15.1 Å². The normalized spacial score (nSPS) is 10.2. The van der Waals surface area contributed by atoms with Crippen LogP contribution in [0.1, 0.15) is 5.56 Å². The highest BCUT2D eigenvalue weighted by Gasteiger charge is 2.15. The molecule has 5 nitrogen and oxygen atoms in total. The number of ether oxygens (including phenoxy) is 1. The minimum absolute atomic E-state index is 0.0233. The van der Waals surface area contributed by atoms with Gasteiger partial charge in [-0.2, -0.15) is 0 Å². The summed E-state index contributed by atoms with van der Waals surface area (Å²) in [5.74, 6) is 0.425. The molecule has 0 fully saturated rings. The van der Waals surface area contributed by atoms with Crippen LogP contribution in [0.4, 0.5) is 5.69 Å². The summed E-state index contributed by atoms with van der Waals surface area (Å²) < 4.78 is 6.75. The predicted molar refractivity (Wildman–Crippen MR) is 77.1 cm³/mol. The van der Waals surface area contributed by atoms with Crippen molar-refractivity contribution in [1.29, 1.82) is 0 Å². The number of halogens is 2. The van der Waals surface area contributed by atoms with E-state index in [0.717, 1.165) is 10.0 Å². The largest absolute Gasteiger partial charge is 0.487 e. The van der Waals surface area contributed by atoms with Crippen LogP contribution in [0.3, 0.4) is 0 Å². The molecule has 0 radical (unpaired) electrons. The van der Waals surface area contributed by atoms with Crippen LogP contribution in [0.25, 0.3) is 0 Å². The van der Waals surface area contributed by atoms with Gasteiger partial charge in [-0.25, -0.2) is 0 Å². The van der Waals surface area contributed by atoms with Gasteiger partial charge >= 0.3 is 0 Å². The van der Waals surface area contributed by atoms with Crippen molar-refractivity contribution in [3.63, 3.8) is 0 Å². The lowest BCUT2D eigenvalue weighted by Gasteiger charge is -2.08. The molecule has 1 heterocycles. The Labute approximate surface area is 126 Å². The average Bonchev–Trinajstić information content (AvgIpc) is 2.37. The SMILES string of the molecule is O=[N+]([O-])c1cccc(OCc2cncc(Br)c2)c1Br. The Morgan fingerprint density at radius 1 is 1.32 bits per heavy atom. The molecule has 0 bridgehead atoms. The number of hydrogen-bond acceptors (Lipinski definition) is 4. The molecular weight excluding hydrogens is 380 g/mol. The zero-order chi connectivity index (χ0) is 13.8. The fourth-order valence-electron chi connectivity index (χ4n) is 1.45. The van der Waals surface area contributed by atoms with Crippen molar-refractivity contribution in [2.75, 3.05) is 0 Å². The van der Waals surface area contributed by atoms with Crippen molar-refractivity contribution in [2.24, 2.45) is 0 Å². The first kappa shape index (κ1) is 14.0. The van der Waals surface area contributed by atoms with Crippen LogP contribution in [-0.4, -0.2) is 9.91 Å². The molecule has 0 saturated heterocycles. The second kappa shape index (κ2) is 6.12. The fourth-order valence-corrected chi connectivity index (χ4v) is 2.38. The molecule has 2 aromatic rings. The number of nitro groups is 1. The van der Waals surface area contributed by atoms with Gasteiger partial charge in [-0.05, 0) is 44.0 Å². The lowest BCUT2D eigenvalue weighted by Crippen LogP contribution is -1.98. The van der Waals surface area contributed by atoms with E-state index in [9.17, 15) is 10.1 Å². The van der Waals surface area contributed by atoms with Crippen molar-refractivity contribution in [2.45, 2.75) is 6.61 Å². The van der Waals surface area contributed by atoms with E-state index in [4.69, 9.17) is 4.74 Å². The van der Waals surface area contributed by atoms with Crippen molar-refractivity contribution < 1.29 is 9.66 Å². The molecular formula is C12H8Br2N2O3. The smallest absolute Gasteiger partial charge is 0.287 e. The van der Waals surface area contributed by atoms with E-state index in [1.807, 2.05) is 6.07 Å². The molecule has 7 heteroatoms. The summed E-state index contributed by atoms with van der Waals surface area (Å²) in [6.07, 6.45) is 3.35. The minimum atomic E-state index is -0.461. The van der Waals surface area contributed by atoms with E-state index in [-0.39, 0.29) is 12.3 Å². The van der Waals surface area contributed by atoms with Crippen molar-refractivity contribution in [1.82, 2.24) is 4.98 Å². The molecule has 1 aromatic carbocycles. The van der Waals surface area contributed by atoms with E-state index in [1.54, 1.807) is 24.5 Å². The maximum Gasteiger partial charge on any atom is 0.287 e. The van der Waals surface area contributed by atoms with Crippen molar-refractivity contribution in [3.8, 4) is 5.75 Å². The van der Waals surface area contributed by atoms with Crippen LogP contribution in [-0.2, 0) is 6.61 Å². The monoisotopic (exact) mass is 386 g/mol. The highest BCUT2D eigenvalue weighted by molar-refractivity contribution is 9.11. The van der Waals surface area contributed by atoms with E-state index < -0.39 is 4.92 Å². The summed E-state index contributed by atoms with van der Waals surface area (Å²) >= 11 is 6.50. The highest BCUT2D eigenvalue weighted by Crippen LogP contribution is 2.34. The first-order valence-corrected chi connectivity index (χ1v) is 6.81. The number of benzene rings is 1. The molecule has 0 N–H and O–H groups in total. The number of aromatic nitrogens is 1. The quantitative estimate of drug-likeness (QED) is 0.585. The van der Waals surface area contributed by atoms with Gasteiger partial charge in [-0.15, -0.1) is 0 Å². The summed E-state index contributed by atoms with van der Waals surface area (Å²) in [5.41, 5.74) is 0.845. The third-order valence-corrected chi connectivity index (χ3v) is 3.53. The molecule has 0 aliphatic heterocycles. The number of hydrogen-bond donors (Lipinski definition) is 0. The molecule has 0 unspecified atom stereocenters. The maximum atomic E-state index is 10.8. The first-order valence-electron chi connectivity index (χ1n) is 5.23. The van der Waals surface area contributed by atoms with Gasteiger partial charge in [0.15, 0.2) is 0 Å². The van der Waals surface area contributed by atoms with Gasteiger partial charge < -0.3 is 4.74 Å². The van der Waals surface area contributed by atoms with E-state index in [1.165, 1.54) is 6.07 Å². The number of nitro benzene ring substituents is 1. The molecule has 19 heavy (non-hydrogen) atoms. The number of nitrogens with zero attached hydrogens (tertiary/aromatic N) is 2. The van der Waals surface area contributed by atoms with E-state index >= 15 is 0 Å². The molecule has 2 rings (SSSR count). The average molecular weight is 388 g/mol. The van der Waals surface area contributed by atoms with Crippen LogP contribution >= 0.6 is 31.9 Å². The Kier molecular flexibility index (Phi) is 4.49. The summed E-state index contributed by atoms with van der Waals surface area (Å²) in [7, 11) is 0. The Hall–Kier alpha value is -1.47. The zero-order valence-corrected chi connectivity index (χ0v) is 12.7. The van der Waals surface area contributed by atoms with Gasteiger partial charge in [0.25, 0.3) is 5.69 Å². The fraction of sp³-hybridized carbons (Fsp3) is 0.0833. The molecule has 98 valence electrons. The van der Waals surface area contributed by atoms with Crippen LogP contribution in [0.15, 0.2) is 45.6 Å². The lowest BCUT2D eigenvalue weighted by atomic mass is 10.3. The van der Waals surface area contributed by atoms with Gasteiger partial charge in [0.2, 0.25) is 0 Å². The Balaban J connectivity index is 2.16. The minimum Gasteiger partial charge on any atom is -0.487 e. The molecule has 0 aliphatic rings. The lowest BCUT2D eigenvalue weighted by molar-refractivity contribution is -0.385. The van der Waals surface area contributed by atoms with Crippen molar-refractivity contribution in [3.05, 3.63) is 61.3 Å². The summed E-state index contributed by atoms with van der Waals surface area (Å²) in [4.78, 5) is 14.4. The van der Waals surface area contributed by atoms with Crippen LogP contribution in [0.5, 0.6) is 5.75 Å². The molecule has 0 saturated carbocycles. The van der Waals surface area contributed by atoms with Crippen molar-refractivity contribution >= 4 is 37.5 Å². The molecule has 1 aromatic heterocycles. The Bertz CT molecular complexity index is 620. The predicted octanol–water partition coefficient (Wildman–Crippen LogP) is 4.09.